The van der Waals surface area contributed by atoms with Gasteiger partial charge in [0.1, 0.15) is 5.82 Å². The lowest BCUT2D eigenvalue weighted by molar-refractivity contribution is -0.129. The van der Waals surface area contributed by atoms with Crippen molar-refractivity contribution in [2.75, 3.05) is 5.32 Å². The van der Waals surface area contributed by atoms with Crippen LogP contribution in [0, 0.1) is 5.82 Å². The van der Waals surface area contributed by atoms with E-state index >= 15 is 0 Å². The maximum Gasteiger partial charge on any atom is 0.251 e. The number of rotatable bonds is 4. The number of nitrogens with two attached hydrogens (primary N) is 1. The number of hydrogen-bond donors (Lipinski definition) is 2. The van der Waals surface area contributed by atoms with Crippen LogP contribution in [0.4, 0.5) is 10.1 Å². The molecule has 27 heavy (non-hydrogen) atoms. The van der Waals surface area contributed by atoms with Crippen molar-refractivity contribution in [1.29, 1.82) is 0 Å². The predicted octanol–water partition coefficient (Wildman–Crippen LogP) is 2.83. The molecular weight excluding hydrogens is 349 g/mol. The van der Waals surface area contributed by atoms with Crippen LogP contribution in [-0.2, 0) is 9.59 Å². The van der Waals surface area contributed by atoms with Crippen molar-refractivity contribution in [3.05, 3.63) is 71.2 Å². The lowest BCUT2D eigenvalue weighted by atomic mass is 9.93. The second-order valence-corrected chi connectivity index (χ2v) is 6.20. The molecule has 3 N–H and O–H groups in total. The molecule has 1 heterocycles. The quantitative estimate of drug-likeness (QED) is 0.870. The summed E-state index contributed by atoms with van der Waals surface area (Å²) in [4.78, 5) is 37.3. The predicted molar refractivity (Wildman–Crippen MR) is 98.9 cm³/mol. The highest BCUT2D eigenvalue weighted by Gasteiger charge is 2.28. The number of nitrogens with zero attached hydrogens (tertiary/aromatic N) is 1. The van der Waals surface area contributed by atoms with Crippen LogP contribution in [0.3, 0.4) is 0 Å². The Morgan fingerprint density at radius 3 is 2.63 bits per heavy atom. The van der Waals surface area contributed by atoms with E-state index < -0.39 is 17.8 Å². The van der Waals surface area contributed by atoms with Gasteiger partial charge >= 0.3 is 0 Å². The highest BCUT2D eigenvalue weighted by atomic mass is 19.1. The molecule has 3 amide bonds. The van der Waals surface area contributed by atoms with E-state index in [9.17, 15) is 18.8 Å². The topological polar surface area (TPSA) is 92.5 Å². The Balaban J connectivity index is 1.82. The molecule has 138 valence electrons. The molecule has 0 spiro atoms. The Morgan fingerprint density at radius 1 is 1.19 bits per heavy atom. The Kier molecular flexibility index (Phi) is 5.03. The van der Waals surface area contributed by atoms with Crippen LogP contribution in [0.2, 0.25) is 0 Å². The van der Waals surface area contributed by atoms with Gasteiger partial charge in [-0.3, -0.25) is 14.4 Å². The number of amides is 3. The molecule has 0 fully saturated rings. The van der Waals surface area contributed by atoms with Crippen molar-refractivity contribution >= 4 is 29.5 Å². The molecule has 0 aliphatic carbocycles. The molecule has 0 aromatic heterocycles. The summed E-state index contributed by atoms with van der Waals surface area (Å²) in [5.41, 5.74) is 6.88. The molecular formula is C20H18FN3O3. The van der Waals surface area contributed by atoms with Gasteiger partial charge in [-0.2, -0.15) is 0 Å². The maximum absolute atomic E-state index is 13.6. The van der Waals surface area contributed by atoms with Gasteiger partial charge in [0, 0.05) is 18.8 Å². The Bertz CT molecular complexity index is 955. The van der Waals surface area contributed by atoms with Crippen LogP contribution in [0.1, 0.15) is 40.9 Å². The second-order valence-electron chi connectivity index (χ2n) is 6.20. The standard InChI is InChI=1S/C20H18FN3O3/c1-12(25)24-9-8-13-4-2-3-5-15(13)18(24)11-19(26)23-14-6-7-17(21)16(10-14)20(22)27/h2-10,18H,11H2,1H3,(H2,22,27)(H,23,26)/t18-/m1/s1. The molecule has 7 heteroatoms. The zero-order valence-electron chi connectivity index (χ0n) is 14.6. The summed E-state index contributed by atoms with van der Waals surface area (Å²) in [7, 11) is 0. The molecule has 1 atom stereocenters. The van der Waals surface area contributed by atoms with E-state index in [2.05, 4.69) is 5.32 Å². The van der Waals surface area contributed by atoms with Crippen molar-refractivity contribution in [1.82, 2.24) is 4.90 Å². The normalized spacial score (nSPS) is 15.2. The number of benzene rings is 2. The van der Waals surface area contributed by atoms with Gasteiger partial charge in [0.15, 0.2) is 0 Å². The summed E-state index contributed by atoms with van der Waals surface area (Å²) in [6, 6.07) is 10.7. The maximum atomic E-state index is 13.6. The zero-order valence-corrected chi connectivity index (χ0v) is 14.6. The molecule has 0 saturated heterocycles. The molecule has 0 bridgehead atoms. The van der Waals surface area contributed by atoms with Gasteiger partial charge < -0.3 is 16.0 Å². The summed E-state index contributed by atoms with van der Waals surface area (Å²) in [6.45, 7) is 1.43. The molecule has 2 aromatic rings. The highest BCUT2D eigenvalue weighted by Crippen LogP contribution is 2.33. The number of carbonyl (C=O) groups is 3. The van der Waals surface area contributed by atoms with E-state index in [1.54, 1.807) is 6.20 Å². The van der Waals surface area contributed by atoms with E-state index in [0.717, 1.165) is 17.2 Å². The summed E-state index contributed by atoms with van der Waals surface area (Å²) < 4.78 is 13.6. The zero-order chi connectivity index (χ0) is 19.6. The van der Waals surface area contributed by atoms with Crippen LogP contribution in [-0.4, -0.2) is 22.6 Å². The lowest BCUT2D eigenvalue weighted by Gasteiger charge is -2.32. The molecule has 0 unspecified atom stereocenters. The molecule has 0 saturated carbocycles. The number of primary amides is 1. The molecule has 0 radical (unpaired) electrons. The Morgan fingerprint density at radius 2 is 1.93 bits per heavy atom. The number of nitrogens with one attached hydrogen (secondary N) is 1. The van der Waals surface area contributed by atoms with Crippen molar-refractivity contribution in [3.63, 3.8) is 0 Å². The minimum absolute atomic E-state index is 0.00418. The average Bonchev–Trinajstić information content (AvgIpc) is 2.63. The monoisotopic (exact) mass is 367 g/mol. The third-order valence-corrected chi connectivity index (χ3v) is 4.36. The summed E-state index contributed by atoms with van der Waals surface area (Å²) in [5, 5.41) is 2.63. The van der Waals surface area contributed by atoms with Gasteiger partial charge in [-0.25, -0.2) is 4.39 Å². The van der Waals surface area contributed by atoms with Gasteiger partial charge in [-0.05, 0) is 35.4 Å². The van der Waals surface area contributed by atoms with Crippen molar-refractivity contribution in [2.45, 2.75) is 19.4 Å². The van der Waals surface area contributed by atoms with Gasteiger partial charge in [0.05, 0.1) is 18.0 Å². The second kappa shape index (κ2) is 7.41. The third-order valence-electron chi connectivity index (χ3n) is 4.36. The first-order valence-electron chi connectivity index (χ1n) is 8.32. The van der Waals surface area contributed by atoms with Crippen LogP contribution in [0.25, 0.3) is 6.08 Å². The van der Waals surface area contributed by atoms with Crippen molar-refractivity contribution < 1.29 is 18.8 Å². The number of carbonyl (C=O) groups excluding carboxylic acids is 3. The van der Waals surface area contributed by atoms with E-state index in [1.807, 2.05) is 30.3 Å². The fourth-order valence-electron chi connectivity index (χ4n) is 3.09. The SMILES string of the molecule is CC(=O)N1C=Cc2ccccc2[C@H]1CC(=O)Nc1ccc(F)c(C(N)=O)c1. The van der Waals surface area contributed by atoms with Gasteiger partial charge in [0.25, 0.3) is 5.91 Å². The molecule has 1 aliphatic heterocycles. The first-order valence-corrected chi connectivity index (χ1v) is 8.32. The van der Waals surface area contributed by atoms with E-state index in [4.69, 9.17) is 5.73 Å². The summed E-state index contributed by atoms with van der Waals surface area (Å²) >= 11 is 0. The largest absolute Gasteiger partial charge is 0.366 e. The van der Waals surface area contributed by atoms with Gasteiger partial charge in [-0.15, -0.1) is 0 Å². The van der Waals surface area contributed by atoms with E-state index in [-0.39, 0.29) is 29.5 Å². The molecule has 1 aliphatic rings. The van der Waals surface area contributed by atoms with Crippen LogP contribution in [0.15, 0.2) is 48.7 Å². The molecule has 2 aromatic carbocycles. The van der Waals surface area contributed by atoms with Gasteiger partial charge in [0.2, 0.25) is 11.8 Å². The first-order chi connectivity index (χ1) is 12.9. The number of fused-ring (bicyclic) bond motifs is 1. The number of halogens is 1. The van der Waals surface area contributed by atoms with Crippen LogP contribution < -0.4 is 11.1 Å². The first kappa shape index (κ1) is 18.3. The smallest absolute Gasteiger partial charge is 0.251 e. The molecule has 6 nitrogen and oxygen atoms in total. The average molecular weight is 367 g/mol. The van der Waals surface area contributed by atoms with E-state index in [0.29, 0.717) is 0 Å². The lowest BCUT2D eigenvalue weighted by Crippen LogP contribution is -2.33. The van der Waals surface area contributed by atoms with Crippen molar-refractivity contribution in [2.24, 2.45) is 5.73 Å². The third kappa shape index (κ3) is 3.87. The number of hydrogen-bond acceptors (Lipinski definition) is 3. The number of anilines is 1. The fourth-order valence-corrected chi connectivity index (χ4v) is 3.09. The highest BCUT2D eigenvalue weighted by molar-refractivity contribution is 5.97. The van der Waals surface area contributed by atoms with Crippen LogP contribution >= 0.6 is 0 Å². The minimum Gasteiger partial charge on any atom is -0.366 e. The fraction of sp³-hybridized carbons (Fsp3) is 0.150. The molecule has 3 rings (SSSR count). The summed E-state index contributed by atoms with van der Waals surface area (Å²) in [5.74, 6) is -2.23. The van der Waals surface area contributed by atoms with E-state index in [1.165, 1.54) is 24.0 Å². The minimum atomic E-state index is -0.919. The Hall–Kier alpha value is -3.48. The van der Waals surface area contributed by atoms with Crippen LogP contribution in [0.5, 0.6) is 0 Å². The van der Waals surface area contributed by atoms with Gasteiger partial charge in [-0.1, -0.05) is 24.3 Å². The Labute approximate surface area is 155 Å². The summed E-state index contributed by atoms with van der Waals surface area (Å²) in [6.07, 6.45) is 3.49. The van der Waals surface area contributed by atoms with Crippen molar-refractivity contribution in [3.8, 4) is 0 Å².